The SMILES string of the molecule is Cc1ccccc1CNc1nccc(NCCc2c[nH]c3ccccc23)n1. The summed E-state index contributed by atoms with van der Waals surface area (Å²) >= 11 is 0. The highest BCUT2D eigenvalue weighted by molar-refractivity contribution is 5.83. The van der Waals surface area contributed by atoms with Crippen LogP contribution in [-0.4, -0.2) is 21.5 Å². The van der Waals surface area contributed by atoms with Crippen molar-refractivity contribution in [3.63, 3.8) is 0 Å². The van der Waals surface area contributed by atoms with Crippen LogP contribution in [0.4, 0.5) is 11.8 Å². The number of nitrogens with one attached hydrogen (secondary N) is 3. The summed E-state index contributed by atoms with van der Waals surface area (Å²) in [6.07, 6.45) is 4.79. The van der Waals surface area contributed by atoms with Gasteiger partial charge in [-0.05, 0) is 42.2 Å². The van der Waals surface area contributed by atoms with Crippen LogP contribution >= 0.6 is 0 Å². The fourth-order valence-electron chi connectivity index (χ4n) is 3.19. The lowest BCUT2D eigenvalue weighted by Gasteiger charge is -2.09. The van der Waals surface area contributed by atoms with Crippen LogP contribution in [-0.2, 0) is 13.0 Å². The number of nitrogens with zero attached hydrogens (tertiary/aromatic N) is 2. The Morgan fingerprint density at radius 3 is 2.70 bits per heavy atom. The van der Waals surface area contributed by atoms with Crippen molar-refractivity contribution in [3.8, 4) is 0 Å². The van der Waals surface area contributed by atoms with E-state index in [4.69, 9.17) is 0 Å². The number of para-hydroxylation sites is 1. The minimum absolute atomic E-state index is 0.635. The maximum atomic E-state index is 4.56. The summed E-state index contributed by atoms with van der Waals surface area (Å²) in [5, 5.41) is 7.98. The molecule has 5 heteroatoms. The molecule has 27 heavy (non-hydrogen) atoms. The zero-order chi connectivity index (χ0) is 18.5. The topological polar surface area (TPSA) is 65.6 Å². The molecular formula is C22H23N5. The molecule has 2 aromatic heterocycles. The summed E-state index contributed by atoms with van der Waals surface area (Å²) in [4.78, 5) is 12.2. The quantitative estimate of drug-likeness (QED) is 0.454. The minimum Gasteiger partial charge on any atom is -0.370 e. The van der Waals surface area contributed by atoms with E-state index >= 15 is 0 Å². The van der Waals surface area contributed by atoms with Gasteiger partial charge in [-0.1, -0.05) is 42.5 Å². The lowest BCUT2D eigenvalue weighted by Crippen LogP contribution is -2.09. The van der Waals surface area contributed by atoms with Crippen LogP contribution in [0.3, 0.4) is 0 Å². The van der Waals surface area contributed by atoms with Crippen molar-refractivity contribution in [3.05, 3.63) is 83.7 Å². The molecule has 0 bridgehead atoms. The van der Waals surface area contributed by atoms with Crippen molar-refractivity contribution in [2.75, 3.05) is 17.2 Å². The van der Waals surface area contributed by atoms with Gasteiger partial charge in [0.25, 0.3) is 0 Å². The first-order valence-corrected chi connectivity index (χ1v) is 9.20. The smallest absolute Gasteiger partial charge is 0.224 e. The molecule has 0 aliphatic rings. The summed E-state index contributed by atoms with van der Waals surface area (Å²) < 4.78 is 0. The second-order valence-electron chi connectivity index (χ2n) is 6.58. The molecule has 0 aliphatic carbocycles. The van der Waals surface area contributed by atoms with E-state index in [0.29, 0.717) is 12.5 Å². The van der Waals surface area contributed by atoms with E-state index in [0.717, 1.165) is 18.8 Å². The van der Waals surface area contributed by atoms with E-state index in [1.807, 2.05) is 24.3 Å². The minimum atomic E-state index is 0.635. The average Bonchev–Trinajstić information content (AvgIpc) is 3.11. The van der Waals surface area contributed by atoms with Crippen molar-refractivity contribution >= 4 is 22.7 Å². The second kappa shape index (κ2) is 7.91. The summed E-state index contributed by atoms with van der Waals surface area (Å²) in [7, 11) is 0. The van der Waals surface area contributed by atoms with Gasteiger partial charge in [-0.15, -0.1) is 0 Å². The van der Waals surface area contributed by atoms with Crippen molar-refractivity contribution in [2.24, 2.45) is 0 Å². The number of aryl methyl sites for hydroxylation is 1. The van der Waals surface area contributed by atoms with Gasteiger partial charge < -0.3 is 15.6 Å². The van der Waals surface area contributed by atoms with Gasteiger partial charge in [-0.25, -0.2) is 4.98 Å². The zero-order valence-corrected chi connectivity index (χ0v) is 15.4. The van der Waals surface area contributed by atoms with E-state index in [1.54, 1.807) is 6.20 Å². The predicted molar refractivity (Wildman–Crippen MR) is 111 cm³/mol. The number of aromatic nitrogens is 3. The number of H-pyrrole nitrogens is 1. The summed E-state index contributed by atoms with van der Waals surface area (Å²) in [6, 6.07) is 18.6. The summed E-state index contributed by atoms with van der Waals surface area (Å²) in [6.45, 7) is 3.64. The Bertz CT molecular complexity index is 1040. The van der Waals surface area contributed by atoms with E-state index in [2.05, 4.69) is 69.0 Å². The first-order chi connectivity index (χ1) is 13.3. The summed E-state index contributed by atoms with van der Waals surface area (Å²) in [5.41, 5.74) is 5.00. The van der Waals surface area contributed by atoms with E-state index in [1.165, 1.54) is 27.6 Å². The van der Waals surface area contributed by atoms with Gasteiger partial charge in [-0.3, -0.25) is 0 Å². The van der Waals surface area contributed by atoms with E-state index < -0.39 is 0 Å². The Morgan fingerprint density at radius 2 is 1.78 bits per heavy atom. The van der Waals surface area contributed by atoms with Crippen molar-refractivity contribution < 1.29 is 0 Å². The molecule has 0 saturated carbocycles. The van der Waals surface area contributed by atoms with Gasteiger partial charge in [0.1, 0.15) is 5.82 Å². The van der Waals surface area contributed by atoms with Gasteiger partial charge in [0.15, 0.2) is 0 Å². The number of aromatic amines is 1. The number of rotatable bonds is 7. The van der Waals surface area contributed by atoms with Crippen molar-refractivity contribution in [2.45, 2.75) is 19.9 Å². The third-order valence-corrected chi connectivity index (χ3v) is 4.73. The Hall–Kier alpha value is -3.34. The fourth-order valence-corrected chi connectivity index (χ4v) is 3.19. The third-order valence-electron chi connectivity index (χ3n) is 4.73. The lowest BCUT2D eigenvalue weighted by molar-refractivity contribution is 0.995. The van der Waals surface area contributed by atoms with Crippen LogP contribution < -0.4 is 10.6 Å². The van der Waals surface area contributed by atoms with Crippen LogP contribution in [0.2, 0.25) is 0 Å². The van der Waals surface area contributed by atoms with E-state index in [-0.39, 0.29) is 0 Å². The maximum Gasteiger partial charge on any atom is 0.224 e. The lowest BCUT2D eigenvalue weighted by atomic mass is 10.1. The van der Waals surface area contributed by atoms with Crippen LogP contribution in [0.25, 0.3) is 10.9 Å². The van der Waals surface area contributed by atoms with Gasteiger partial charge in [0, 0.05) is 36.4 Å². The number of hydrogen-bond donors (Lipinski definition) is 3. The average molecular weight is 357 g/mol. The van der Waals surface area contributed by atoms with E-state index in [9.17, 15) is 0 Å². The summed E-state index contributed by atoms with van der Waals surface area (Å²) in [5.74, 6) is 1.47. The number of hydrogen-bond acceptors (Lipinski definition) is 4. The first kappa shape index (κ1) is 17.1. The fraction of sp³-hybridized carbons (Fsp3) is 0.182. The Balaban J connectivity index is 1.34. The zero-order valence-electron chi connectivity index (χ0n) is 15.4. The molecule has 2 heterocycles. The largest absolute Gasteiger partial charge is 0.370 e. The van der Waals surface area contributed by atoms with Gasteiger partial charge in [0.05, 0.1) is 0 Å². The van der Waals surface area contributed by atoms with Crippen LogP contribution in [0.15, 0.2) is 67.0 Å². The predicted octanol–water partition coefficient (Wildman–Crippen LogP) is 4.53. The highest BCUT2D eigenvalue weighted by atomic mass is 15.1. The second-order valence-corrected chi connectivity index (χ2v) is 6.58. The Kier molecular flexibility index (Phi) is 5.01. The molecule has 0 fully saturated rings. The van der Waals surface area contributed by atoms with Crippen LogP contribution in [0.1, 0.15) is 16.7 Å². The van der Waals surface area contributed by atoms with Crippen molar-refractivity contribution in [1.82, 2.24) is 15.0 Å². The molecule has 3 N–H and O–H groups in total. The Labute approximate surface area is 158 Å². The number of benzene rings is 2. The first-order valence-electron chi connectivity index (χ1n) is 9.20. The molecule has 4 rings (SSSR count). The highest BCUT2D eigenvalue weighted by Gasteiger charge is 2.04. The maximum absolute atomic E-state index is 4.56. The number of anilines is 2. The van der Waals surface area contributed by atoms with Gasteiger partial charge in [-0.2, -0.15) is 4.98 Å². The monoisotopic (exact) mass is 357 g/mol. The molecule has 5 nitrogen and oxygen atoms in total. The van der Waals surface area contributed by atoms with Crippen LogP contribution in [0, 0.1) is 6.92 Å². The Morgan fingerprint density at radius 1 is 0.926 bits per heavy atom. The molecule has 0 amide bonds. The molecule has 0 saturated heterocycles. The molecule has 0 atom stereocenters. The number of fused-ring (bicyclic) bond motifs is 1. The molecule has 2 aromatic carbocycles. The molecule has 0 radical (unpaired) electrons. The standard InChI is InChI=1S/C22H23N5/c1-16-6-2-3-7-17(16)14-26-22-24-13-11-21(27-22)23-12-10-18-15-25-20-9-5-4-8-19(18)20/h2-9,11,13,15,25H,10,12,14H2,1H3,(H2,23,24,26,27). The van der Waals surface area contributed by atoms with Gasteiger partial charge in [0.2, 0.25) is 5.95 Å². The molecule has 4 aromatic rings. The highest BCUT2D eigenvalue weighted by Crippen LogP contribution is 2.18. The molecular weight excluding hydrogens is 334 g/mol. The molecule has 0 unspecified atom stereocenters. The molecule has 0 spiro atoms. The van der Waals surface area contributed by atoms with Crippen molar-refractivity contribution in [1.29, 1.82) is 0 Å². The molecule has 136 valence electrons. The molecule has 0 aliphatic heterocycles. The normalized spacial score (nSPS) is 10.9. The van der Waals surface area contributed by atoms with Crippen LogP contribution in [0.5, 0.6) is 0 Å². The third kappa shape index (κ3) is 4.08. The van der Waals surface area contributed by atoms with Gasteiger partial charge >= 0.3 is 0 Å².